The summed E-state index contributed by atoms with van der Waals surface area (Å²) in [6, 6.07) is 0. The Morgan fingerprint density at radius 3 is 3.00 bits per heavy atom. The van der Waals surface area contributed by atoms with E-state index in [2.05, 4.69) is 25.6 Å². The van der Waals surface area contributed by atoms with Gasteiger partial charge in [0.05, 0.1) is 18.4 Å². The third kappa shape index (κ3) is 3.10. The van der Waals surface area contributed by atoms with E-state index in [1.807, 2.05) is 6.20 Å². The van der Waals surface area contributed by atoms with Gasteiger partial charge in [0.15, 0.2) is 0 Å². The van der Waals surface area contributed by atoms with Gasteiger partial charge in [-0.3, -0.25) is 14.6 Å². The number of hydrogen-bond donors (Lipinski definition) is 1. The molecule has 0 aliphatic heterocycles. The SMILES string of the molecule is c1cnc(CNCCn2ccnn2)cn1. The van der Waals surface area contributed by atoms with E-state index in [-0.39, 0.29) is 0 Å². The maximum absolute atomic E-state index is 4.15. The Balaban J connectivity index is 1.68. The van der Waals surface area contributed by atoms with Crippen molar-refractivity contribution in [2.45, 2.75) is 13.1 Å². The van der Waals surface area contributed by atoms with Crippen molar-refractivity contribution in [1.82, 2.24) is 30.3 Å². The lowest BCUT2D eigenvalue weighted by atomic mass is 10.4. The lowest BCUT2D eigenvalue weighted by molar-refractivity contribution is 0.537. The maximum atomic E-state index is 4.15. The lowest BCUT2D eigenvalue weighted by Crippen LogP contribution is -2.20. The molecular formula is C9H12N6. The van der Waals surface area contributed by atoms with Crippen molar-refractivity contribution in [2.75, 3.05) is 6.54 Å². The summed E-state index contributed by atoms with van der Waals surface area (Å²) < 4.78 is 1.78. The van der Waals surface area contributed by atoms with E-state index in [0.717, 1.165) is 25.3 Å². The molecular weight excluding hydrogens is 192 g/mol. The lowest BCUT2D eigenvalue weighted by Gasteiger charge is -2.03. The molecule has 0 saturated heterocycles. The van der Waals surface area contributed by atoms with Gasteiger partial charge in [-0.1, -0.05) is 5.21 Å². The van der Waals surface area contributed by atoms with Crippen LogP contribution in [-0.2, 0) is 13.1 Å². The summed E-state index contributed by atoms with van der Waals surface area (Å²) in [6.07, 6.45) is 8.61. The van der Waals surface area contributed by atoms with Crippen LogP contribution in [0, 0.1) is 0 Å². The summed E-state index contributed by atoms with van der Waals surface area (Å²) in [5.74, 6) is 0. The molecule has 2 aromatic heterocycles. The van der Waals surface area contributed by atoms with Crippen molar-refractivity contribution < 1.29 is 0 Å². The second-order valence-electron chi connectivity index (χ2n) is 3.04. The molecule has 0 unspecified atom stereocenters. The first-order valence-electron chi connectivity index (χ1n) is 4.75. The third-order valence-corrected chi connectivity index (χ3v) is 1.91. The van der Waals surface area contributed by atoms with Crippen molar-refractivity contribution in [2.24, 2.45) is 0 Å². The minimum Gasteiger partial charge on any atom is -0.309 e. The fourth-order valence-corrected chi connectivity index (χ4v) is 1.18. The van der Waals surface area contributed by atoms with Crippen molar-refractivity contribution in [3.63, 3.8) is 0 Å². The minimum absolute atomic E-state index is 0.725. The van der Waals surface area contributed by atoms with Gasteiger partial charge in [0, 0.05) is 37.9 Å². The van der Waals surface area contributed by atoms with Gasteiger partial charge in [-0.25, -0.2) is 0 Å². The fraction of sp³-hybridized carbons (Fsp3) is 0.333. The molecule has 0 aromatic carbocycles. The first-order chi connectivity index (χ1) is 7.45. The molecule has 2 heterocycles. The quantitative estimate of drug-likeness (QED) is 0.686. The van der Waals surface area contributed by atoms with Gasteiger partial charge in [-0.2, -0.15) is 0 Å². The van der Waals surface area contributed by atoms with E-state index in [1.54, 1.807) is 29.5 Å². The van der Waals surface area contributed by atoms with Crippen LogP contribution in [-0.4, -0.2) is 31.5 Å². The van der Waals surface area contributed by atoms with Gasteiger partial charge in [0.25, 0.3) is 0 Å². The highest BCUT2D eigenvalue weighted by Gasteiger charge is 1.93. The summed E-state index contributed by atoms with van der Waals surface area (Å²) in [5.41, 5.74) is 0.941. The molecule has 6 heteroatoms. The number of rotatable bonds is 5. The number of hydrogen-bond acceptors (Lipinski definition) is 5. The van der Waals surface area contributed by atoms with Crippen LogP contribution in [0.5, 0.6) is 0 Å². The zero-order valence-electron chi connectivity index (χ0n) is 8.24. The number of nitrogens with zero attached hydrogens (tertiary/aromatic N) is 5. The summed E-state index contributed by atoms with van der Waals surface area (Å²) in [6.45, 7) is 2.36. The van der Waals surface area contributed by atoms with Crippen molar-refractivity contribution in [3.8, 4) is 0 Å². The molecule has 0 bridgehead atoms. The van der Waals surface area contributed by atoms with Gasteiger partial charge < -0.3 is 5.32 Å². The molecule has 0 atom stereocenters. The summed E-state index contributed by atoms with van der Waals surface area (Å²) >= 11 is 0. The predicted molar refractivity (Wildman–Crippen MR) is 53.8 cm³/mol. The highest BCUT2D eigenvalue weighted by molar-refractivity contribution is 4.93. The van der Waals surface area contributed by atoms with Crippen LogP contribution in [0.4, 0.5) is 0 Å². The molecule has 2 aromatic rings. The molecule has 1 N–H and O–H groups in total. The monoisotopic (exact) mass is 204 g/mol. The largest absolute Gasteiger partial charge is 0.309 e. The van der Waals surface area contributed by atoms with Gasteiger partial charge in [-0.05, 0) is 0 Å². The zero-order valence-corrected chi connectivity index (χ0v) is 8.24. The molecule has 15 heavy (non-hydrogen) atoms. The van der Waals surface area contributed by atoms with Crippen molar-refractivity contribution >= 4 is 0 Å². The van der Waals surface area contributed by atoms with Crippen molar-refractivity contribution in [3.05, 3.63) is 36.7 Å². The molecule has 78 valence electrons. The molecule has 0 spiro atoms. The molecule has 0 fully saturated rings. The Bertz CT molecular complexity index is 371. The van der Waals surface area contributed by atoms with E-state index in [9.17, 15) is 0 Å². The van der Waals surface area contributed by atoms with E-state index in [0.29, 0.717) is 0 Å². The summed E-state index contributed by atoms with van der Waals surface area (Å²) in [5, 5.41) is 10.8. The summed E-state index contributed by atoms with van der Waals surface area (Å²) in [4.78, 5) is 8.14. The predicted octanol–water partition coefficient (Wildman–Crippen LogP) is -0.142. The average Bonchev–Trinajstić information content (AvgIpc) is 2.79. The Kier molecular flexibility index (Phi) is 3.34. The maximum Gasteiger partial charge on any atom is 0.0724 e. The fourth-order valence-electron chi connectivity index (χ4n) is 1.18. The summed E-state index contributed by atoms with van der Waals surface area (Å²) in [7, 11) is 0. The highest BCUT2D eigenvalue weighted by Crippen LogP contribution is 1.88. The van der Waals surface area contributed by atoms with Gasteiger partial charge in [0.2, 0.25) is 0 Å². The smallest absolute Gasteiger partial charge is 0.0724 e. The second-order valence-corrected chi connectivity index (χ2v) is 3.04. The van der Waals surface area contributed by atoms with E-state index >= 15 is 0 Å². The first-order valence-corrected chi connectivity index (χ1v) is 4.75. The number of aromatic nitrogens is 5. The Labute approximate surface area is 87.4 Å². The van der Waals surface area contributed by atoms with E-state index < -0.39 is 0 Å². The molecule has 0 aliphatic rings. The molecule has 0 radical (unpaired) electrons. The Morgan fingerprint density at radius 2 is 2.27 bits per heavy atom. The van der Waals surface area contributed by atoms with Gasteiger partial charge in [0.1, 0.15) is 0 Å². The van der Waals surface area contributed by atoms with Crippen molar-refractivity contribution in [1.29, 1.82) is 0 Å². The van der Waals surface area contributed by atoms with E-state index in [4.69, 9.17) is 0 Å². The normalized spacial score (nSPS) is 10.4. The third-order valence-electron chi connectivity index (χ3n) is 1.91. The zero-order chi connectivity index (χ0) is 10.3. The molecule has 0 saturated carbocycles. The molecule has 0 amide bonds. The standard InChI is InChI=1S/C9H12N6/c1-2-12-9(7-10-1)8-11-3-5-15-6-4-13-14-15/h1-2,4,6-7,11H,3,5,8H2. The van der Waals surface area contributed by atoms with Crippen LogP contribution in [0.25, 0.3) is 0 Å². The van der Waals surface area contributed by atoms with E-state index in [1.165, 1.54) is 0 Å². The average molecular weight is 204 g/mol. The minimum atomic E-state index is 0.725. The van der Waals surface area contributed by atoms with Crippen LogP contribution in [0.3, 0.4) is 0 Å². The van der Waals surface area contributed by atoms with Crippen LogP contribution >= 0.6 is 0 Å². The van der Waals surface area contributed by atoms with Crippen LogP contribution in [0.1, 0.15) is 5.69 Å². The van der Waals surface area contributed by atoms with Crippen LogP contribution in [0.2, 0.25) is 0 Å². The Morgan fingerprint density at radius 1 is 1.27 bits per heavy atom. The second kappa shape index (κ2) is 5.16. The van der Waals surface area contributed by atoms with Gasteiger partial charge in [-0.15, -0.1) is 5.10 Å². The highest BCUT2D eigenvalue weighted by atomic mass is 15.4. The van der Waals surface area contributed by atoms with Crippen LogP contribution < -0.4 is 5.32 Å². The molecule has 2 rings (SSSR count). The Hall–Kier alpha value is -1.82. The molecule has 0 aliphatic carbocycles. The topological polar surface area (TPSA) is 68.5 Å². The molecule has 6 nitrogen and oxygen atoms in total. The number of nitrogens with one attached hydrogen (secondary N) is 1. The first kappa shape index (κ1) is 9.72. The van der Waals surface area contributed by atoms with Gasteiger partial charge >= 0.3 is 0 Å². The van der Waals surface area contributed by atoms with Crippen LogP contribution in [0.15, 0.2) is 31.0 Å².